The van der Waals surface area contributed by atoms with E-state index in [2.05, 4.69) is 17.5 Å². The van der Waals surface area contributed by atoms with Gasteiger partial charge in [0.05, 0.1) is 16.7 Å². The molecule has 0 unspecified atom stereocenters. The van der Waals surface area contributed by atoms with Crippen LogP contribution >= 0.6 is 11.3 Å². The van der Waals surface area contributed by atoms with Crippen molar-refractivity contribution in [2.24, 2.45) is 11.0 Å². The molecule has 1 atom stereocenters. The van der Waals surface area contributed by atoms with Crippen LogP contribution in [-0.2, 0) is 12.8 Å². The third kappa shape index (κ3) is 3.71. The highest BCUT2D eigenvalue weighted by Gasteiger charge is 2.20. The largest absolute Gasteiger partial charge is 0.478 e. The van der Waals surface area contributed by atoms with Crippen molar-refractivity contribution in [3.05, 3.63) is 56.8 Å². The standard InChI is InChI=1S/C18H18N2O3S/c1-11-2-7-15-14(8-11)9-16(24-15)17(21)20-19-10-12-3-5-13(6-4-12)18(22)23/h3-6,9-11H,2,7-8H2,1H3,(H,20,21)(H,22,23)/b19-10-/t11-/m0/s1. The van der Waals surface area contributed by atoms with Crippen LogP contribution < -0.4 is 5.43 Å². The Morgan fingerprint density at radius 3 is 2.79 bits per heavy atom. The SMILES string of the molecule is C[C@H]1CCc2sc(C(=O)N/N=C\c3ccc(C(=O)O)cc3)cc2C1. The monoisotopic (exact) mass is 342 g/mol. The first-order valence-corrected chi connectivity index (χ1v) is 8.63. The molecule has 2 aromatic rings. The van der Waals surface area contributed by atoms with Crippen molar-refractivity contribution in [1.29, 1.82) is 0 Å². The molecule has 1 aromatic heterocycles. The summed E-state index contributed by atoms with van der Waals surface area (Å²) in [5.41, 5.74) is 4.76. The number of benzene rings is 1. The first-order valence-electron chi connectivity index (χ1n) is 7.81. The minimum Gasteiger partial charge on any atom is -0.478 e. The molecule has 1 aliphatic rings. The summed E-state index contributed by atoms with van der Waals surface area (Å²) < 4.78 is 0. The number of aromatic carboxylic acids is 1. The predicted octanol–water partition coefficient (Wildman–Crippen LogP) is 3.34. The number of hydrogen-bond acceptors (Lipinski definition) is 4. The lowest BCUT2D eigenvalue weighted by Gasteiger charge is -2.16. The minimum absolute atomic E-state index is 0.208. The van der Waals surface area contributed by atoms with Crippen molar-refractivity contribution in [3.8, 4) is 0 Å². The molecule has 0 fully saturated rings. The fourth-order valence-electron chi connectivity index (χ4n) is 2.75. The van der Waals surface area contributed by atoms with Gasteiger partial charge in [0.1, 0.15) is 0 Å². The first-order chi connectivity index (χ1) is 11.5. The molecule has 5 nitrogen and oxygen atoms in total. The van der Waals surface area contributed by atoms with Gasteiger partial charge in [-0.3, -0.25) is 4.79 Å². The number of carboxylic acid groups (broad SMARTS) is 1. The summed E-state index contributed by atoms with van der Waals surface area (Å²) in [5.74, 6) is -0.502. The molecule has 6 heteroatoms. The van der Waals surface area contributed by atoms with Crippen LogP contribution in [-0.4, -0.2) is 23.2 Å². The van der Waals surface area contributed by atoms with Crippen molar-refractivity contribution in [3.63, 3.8) is 0 Å². The summed E-state index contributed by atoms with van der Waals surface area (Å²) in [6.07, 6.45) is 4.77. The molecule has 0 saturated carbocycles. The molecule has 1 amide bonds. The number of carbonyl (C=O) groups excluding carboxylic acids is 1. The van der Waals surface area contributed by atoms with E-state index in [1.807, 2.05) is 6.07 Å². The van der Waals surface area contributed by atoms with Gasteiger partial charge in [-0.15, -0.1) is 11.3 Å². The van der Waals surface area contributed by atoms with Crippen molar-refractivity contribution >= 4 is 29.4 Å². The van der Waals surface area contributed by atoms with Crippen LogP contribution in [0.3, 0.4) is 0 Å². The Morgan fingerprint density at radius 1 is 1.33 bits per heavy atom. The number of aryl methyl sites for hydroxylation is 1. The number of thiophene rings is 1. The minimum atomic E-state index is -0.970. The van der Waals surface area contributed by atoms with E-state index in [-0.39, 0.29) is 11.5 Å². The highest BCUT2D eigenvalue weighted by Crippen LogP contribution is 2.32. The van der Waals surface area contributed by atoms with E-state index < -0.39 is 5.97 Å². The number of hydrazone groups is 1. The molecular weight excluding hydrogens is 324 g/mol. The summed E-state index contributed by atoms with van der Waals surface area (Å²) in [6, 6.07) is 8.26. The molecule has 3 rings (SSSR count). The fraction of sp³-hybridized carbons (Fsp3) is 0.278. The molecule has 0 saturated heterocycles. The maximum atomic E-state index is 12.2. The Kier molecular flexibility index (Phi) is 4.76. The summed E-state index contributed by atoms with van der Waals surface area (Å²) >= 11 is 1.55. The first kappa shape index (κ1) is 16.4. The quantitative estimate of drug-likeness (QED) is 0.661. The number of amides is 1. The second-order valence-corrected chi connectivity index (χ2v) is 7.17. The molecular formula is C18H18N2O3S. The smallest absolute Gasteiger partial charge is 0.335 e. The molecule has 1 aromatic carbocycles. The fourth-order valence-corrected chi connectivity index (χ4v) is 3.85. The molecule has 0 aliphatic heterocycles. The van der Waals surface area contributed by atoms with Crippen LogP contribution in [0.25, 0.3) is 0 Å². The van der Waals surface area contributed by atoms with E-state index >= 15 is 0 Å². The van der Waals surface area contributed by atoms with Gasteiger partial charge < -0.3 is 5.11 Å². The molecule has 0 spiro atoms. The van der Waals surface area contributed by atoms with E-state index in [9.17, 15) is 9.59 Å². The molecule has 0 radical (unpaired) electrons. The second-order valence-electron chi connectivity index (χ2n) is 6.03. The van der Waals surface area contributed by atoms with Crippen LogP contribution in [0.1, 0.15) is 49.4 Å². The van der Waals surface area contributed by atoms with Gasteiger partial charge in [0.25, 0.3) is 5.91 Å². The summed E-state index contributed by atoms with van der Waals surface area (Å²) in [7, 11) is 0. The van der Waals surface area contributed by atoms with Gasteiger partial charge in [0.15, 0.2) is 0 Å². The Morgan fingerprint density at radius 2 is 2.08 bits per heavy atom. The van der Waals surface area contributed by atoms with Crippen LogP contribution in [0.5, 0.6) is 0 Å². The molecule has 1 aliphatic carbocycles. The van der Waals surface area contributed by atoms with Gasteiger partial charge in [-0.2, -0.15) is 5.10 Å². The zero-order valence-electron chi connectivity index (χ0n) is 13.3. The number of fused-ring (bicyclic) bond motifs is 1. The van der Waals surface area contributed by atoms with E-state index in [1.165, 1.54) is 35.2 Å². The maximum Gasteiger partial charge on any atom is 0.335 e. The molecule has 0 bridgehead atoms. The van der Waals surface area contributed by atoms with Crippen LogP contribution in [0, 0.1) is 5.92 Å². The number of carboxylic acids is 1. The predicted molar refractivity (Wildman–Crippen MR) is 94.0 cm³/mol. The van der Waals surface area contributed by atoms with Gasteiger partial charge in [-0.1, -0.05) is 19.1 Å². The zero-order chi connectivity index (χ0) is 17.1. The van der Waals surface area contributed by atoms with Crippen LogP contribution in [0.4, 0.5) is 0 Å². The second kappa shape index (κ2) is 6.97. The highest BCUT2D eigenvalue weighted by molar-refractivity contribution is 7.14. The third-order valence-electron chi connectivity index (χ3n) is 4.09. The summed E-state index contributed by atoms with van der Waals surface area (Å²) in [5, 5.41) is 12.8. The average Bonchev–Trinajstić information content (AvgIpc) is 2.98. The Bertz CT molecular complexity index is 793. The molecule has 124 valence electrons. The lowest BCUT2D eigenvalue weighted by atomic mass is 9.90. The number of carbonyl (C=O) groups is 2. The number of hydrogen-bond donors (Lipinski definition) is 2. The average molecular weight is 342 g/mol. The Labute approximate surface area is 144 Å². The lowest BCUT2D eigenvalue weighted by Crippen LogP contribution is -2.16. The topological polar surface area (TPSA) is 78.8 Å². The maximum absolute atomic E-state index is 12.2. The van der Waals surface area contributed by atoms with E-state index in [0.29, 0.717) is 10.8 Å². The highest BCUT2D eigenvalue weighted by atomic mass is 32.1. The van der Waals surface area contributed by atoms with Crippen molar-refractivity contribution in [2.45, 2.75) is 26.2 Å². The number of nitrogens with zero attached hydrogens (tertiary/aromatic N) is 1. The van der Waals surface area contributed by atoms with Gasteiger partial charge >= 0.3 is 5.97 Å². The van der Waals surface area contributed by atoms with Crippen LogP contribution in [0.15, 0.2) is 35.4 Å². The zero-order valence-corrected chi connectivity index (χ0v) is 14.1. The van der Waals surface area contributed by atoms with Crippen molar-refractivity contribution in [2.75, 3.05) is 0 Å². The molecule has 1 heterocycles. The molecule has 2 N–H and O–H groups in total. The van der Waals surface area contributed by atoms with Gasteiger partial charge in [-0.05, 0) is 54.5 Å². The summed E-state index contributed by atoms with van der Waals surface area (Å²) in [4.78, 5) is 25.0. The normalized spacial score (nSPS) is 16.8. The van der Waals surface area contributed by atoms with Gasteiger partial charge in [0.2, 0.25) is 0 Å². The van der Waals surface area contributed by atoms with Gasteiger partial charge in [0, 0.05) is 4.88 Å². The van der Waals surface area contributed by atoms with Gasteiger partial charge in [-0.25, -0.2) is 10.2 Å². The number of rotatable bonds is 4. The number of nitrogens with one attached hydrogen (secondary N) is 1. The lowest BCUT2D eigenvalue weighted by molar-refractivity contribution is 0.0696. The Hall–Kier alpha value is -2.47. The summed E-state index contributed by atoms with van der Waals surface area (Å²) in [6.45, 7) is 2.24. The van der Waals surface area contributed by atoms with E-state index in [0.717, 1.165) is 18.4 Å². The Balaban J connectivity index is 1.62. The van der Waals surface area contributed by atoms with E-state index in [1.54, 1.807) is 23.5 Å². The van der Waals surface area contributed by atoms with Crippen molar-refractivity contribution < 1.29 is 14.7 Å². The van der Waals surface area contributed by atoms with Crippen LogP contribution in [0.2, 0.25) is 0 Å². The molecule has 24 heavy (non-hydrogen) atoms. The van der Waals surface area contributed by atoms with Crippen molar-refractivity contribution in [1.82, 2.24) is 5.43 Å². The third-order valence-corrected chi connectivity index (χ3v) is 5.33. The van der Waals surface area contributed by atoms with E-state index in [4.69, 9.17) is 5.11 Å².